The smallest absolute Gasteiger partial charge is 0.0714 e. The lowest BCUT2D eigenvalue weighted by Crippen LogP contribution is -2.34. The van der Waals surface area contributed by atoms with Gasteiger partial charge in [0.2, 0.25) is 0 Å². The van der Waals surface area contributed by atoms with Crippen molar-refractivity contribution in [2.24, 2.45) is 0 Å². The maximum absolute atomic E-state index is 4.28. The zero-order chi connectivity index (χ0) is 19.8. The molecule has 2 aliphatic rings. The molecule has 1 N–H and O–H groups in total. The molecule has 1 saturated carbocycles. The number of rotatable bonds is 5. The molecule has 1 unspecified atom stereocenters. The van der Waals surface area contributed by atoms with Crippen LogP contribution in [0.15, 0.2) is 42.7 Å². The van der Waals surface area contributed by atoms with E-state index in [0.717, 1.165) is 26.1 Å². The van der Waals surface area contributed by atoms with E-state index in [-0.39, 0.29) is 0 Å². The topological polar surface area (TPSA) is 33.1 Å². The molecule has 1 aliphatic heterocycles. The highest BCUT2D eigenvalue weighted by Crippen LogP contribution is 2.36. The molecule has 3 aromatic rings. The van der Waals surface area contributed by atoms with Gasteiger partial charge in [-0.25, -0.2) is 0 Å². The molecule has 1 atom stereocenters. The van der Waals surface area contributed by atoms with E-state index in [4.69, 9.17) is 0 Å². The molecule has 29 heavy (non-hydrogen) atoms. The lowest BCUT2D eigenvalue weighted by molar-refractivity contribution is 0.307. The minimum Gasteiger partial charge on any atom is -0.335 e. The number of hydrogen-bond donors (Lipinski definition) is 1. The Labute approximate surface area is 173 Å². The second-order valence-corrected chi connectivity index (χ2v) is 8.99. The minimum atomic E-state index is 0.302. The van der Waals surface area contributed by atoms with Gasteiger partial charge in [0.25, 0.3) is 0 Å². The minimum absolute atomic E-state index is 0.302. The predicted octanol–water partition coefficient (Wildman–Crippen LogP) is 4.45. The van der Waals surface area contributed by atoms with Crippen LogP contribution in [0.5, 0.6) is 0 Å². The van der Waals surface area contributed by atoms with Gasteiger partial charge in [-0.2, -0.15) is 0 Å². The molecule has 0 saturated heterocycles. The van der Waals surface area contributed by atoms with Gasteiger partial charge in [-0.15, -0.1) is 0 Å². The first-order valence-corrected chi connectivity index (χ1v) is 11.1. The Hall–Kier alpha value is -2.17. The number of fused-ring (bicyclic) bond motifs is 3. The highest BCUT2D eigenvalue weighted by atomic mass is 15.1. The summed E-state index contributed by atoms with van der Waals surface area (Å²) >= 11 is 0. The fourth-order valence-electron chi connectivity index (χ4n) is 5.35. The number of benzene rings is 1. The van der Waals surface area contributed by atoms with Crippen molar-refractivity contribution in [2.75, 3.05) is 20.1 Å². The summed E-state index contributed by atoms with van der Waals surface area (Å²) < 4.78 is 2.65. The molecule has 152 valence electrons. The Kier molecular flexibility index (Phi) is 5.15. The van der Waals surface area contributed by atoms with Gasteiger partial charge in [0.15, 0.2) is 0 Å². The van der Waals surface area contributed by atoms with Crippen LogP contribution in [0.25, 0.3) is 10.9 Å². The third-order valence-corrected chi connectivity index (χ3v) is 6.89. The Morgan fingerprint density at radius 2 is 1.93 bits per heavy atom. The van der Waals surface area contributed by atoms with Gasteiger partial charge >= 0.3 is 0 Å². The van der Waals surface area contributed by atoms with E-state index in [9.17, 15) is 0 Å². The van der Waals surface area contributed by atoms with Crippen LogP contribution in [0.1, 0.15) is 54.1 Å². The molecule has 5 rings (SSSR count). The van der Waals surface area contributed by atoms with E-state index in [1.807, 2.05) is 12.4 Å². The monoisotopic (exact) mass is 388 g/mol. The normalized spacial score (nSPS) is 19.0. The lowest BCUT2D eigenvalue weighted by Gasteiger charge is -2.29. The van der Waals surface area contributed by atoms with Crippen LogP contribution < -0.4 is 5.32 Å². The van der Waals surface area contributed by atoms with E-state index in [2.05, 4.69) is 64.1 Å². The molecule has 3 heterocycles. The first-order valence-electron chi connectivity index (χ1n) is 11.1. The van der Waals surface area contributed by atoms with Crippen LogP contribution in [0.2, 0.25) is 0 Å². The molecule has 1 aliphatic carbocycles. The van der Waals surface area contributed by atoms with Crippen LogP contribution in [-0.2, 0) is 13.0 Å². The molecule has 1 aromatic carbocycles. The Balaban J connectivity index is 1.63. The zero-order valence-corrected chi connectivity index (χ0v) is 17.7. The number of pyridine rings is 1. The van der Waals surface area contributed by atoms with Gasteiger partial charge in [0.05, 0.1) is 6.04 Å². The maximum atomic E-state index is 4.28. The summed E-state index contributed by atoms with van der Waals surface area (Å²) in [6.07, 6.45) is 10.4. The Morgan fingerprint density at radius 3 is 2.72 bits per heavy atom. The summed E-state index contributed by atoms with van der Waals surface area (Å²) in [4.78, 5) is 6.73. The molecular formula is C25H32N4. The highest BCUT2D eigenvalue weighted by molar-refractivity contribution is 5.87. The molecule has 0 radical (unpaired) electrons. The molecule has 4 heteroatoms. The number of aromatic nitrogens is 2. The third-order valence-electron chi connectivity index (χ3n) is 6.89. The summed E-state index contributed by atoms with van der Waals surface area (Å²) in [6, 6.07) is 12.4. The van der Waals surface area contributed by atoms with Gasteiger partial charge < -0.3 is 14.8 Å². The average molecular weight is 389 g/mol. The Bertz CT molecular complexity index is 985. The SMILES string of the molecule is Cc1ccc2c(c1)c1c(n2C(CNC2CCCC2)c2ccncc2)CCN(C)C1. The summed E-state index contributed by atoms with van der Waals surface area (Å²) in [5.74, 6) is 0. The van der Waals surface area contributed by atoms with E-state index in [1.54, 1.807) is 0 Å². The largest absolute Gasteiger partial charge is 0.335 e. The van der Waals surface area contributed by atoms with Crippen LogP contribution >= 0.6 is 0 Å². The molecular weight excluding hydrogens is 356 g/mol. The number of aryl methyl sites for hydroxylation is 1. The van der Waals surface area contributed by atoms with Crippen molar-refractivity contribution in [1.82, 2.24) is 19.8 Å². The number of nitrogens with one attached hydrogen (secondary N) is 1. The first-order chi connectivity index (χ1) is 14.2. The number of likely N-dealkylation sites (N-methyl/N-ethyl adjacent to an activating group) is 1. The van der Waals surface area contributed by atoms with E-state index >= 15 is 0 Å². The first kappa shape index (κ1) is 18.8. The zero-order valence-electron chi connectivity index (χ0n) is 17.7. The molecule has 0 spiro atoms. The molecule has 4 nitrogen and oxygen atoms in total. The van der Waals surface area contributed by atoms with Gasteiger partial charge in [-0.1, -0.05) is 24.5 Å². The second-order valence-electron chi connectivity index (χ2n) is 8.99. The quantitative estimate of drug-likeness (QED) is 0.701. The second kappa shape index (κ2) is 7.92. The summed E-state index contributed by atoms with van der Waals surface area (Å²) in [6.45, 7) is 5.36. The Morgan fingerprint density at radius 1 is 1.14 bits per heavy atom. The lowest BCUT2D eigenvalue weighted by atomic mass is 10.0. The number of hydrogen-bond acceptors (Lipinski definition) is 3. The van der Waals surface area contributed by atoms with Gasteiger partial charge in [-0.05, 0) is 62.2 Å². The van der Waals surface area contributed by atoms with Crippen LogP contribution in [-0.4, -0.2) is 40.6 Å². The van der Waals surface area contributed by atoms with Crippen molar-refractivity contribution in [1.29, 1.82) is 0 Å². The van der Waals surface area contributed by atoms with E-state index in [1.165, 1.54) is 59.0 Å². The van der Waals surface area contributed by atoms with Crippen molar-refractivity contribution in [2.45, 2.75) is 57.7 Å². The van der Waals surface area contributed by atoms with Crippen molar-refractivity contribution >= 4 is 10.9 Å². The van der Waals surface area contributed by atoms with Gasteiger partial charge in [0.1, 0.15) is 0 Å². The summed E-state index contributed by atoms with van der Waals surface area (Å²) in [7, 11) is 2.24. The van der Waals surface area contributed by atoms with Crippen molar-refractivity contribution in [3.8, 4) is 0 Å². The fourth-order valence-corrected chi connectivity index (χ4v) is 5.35. The van der Waals surface area contributed by atoms with Crippen molar-refractivity contribution in [3.63, 3.8) is 0 Å². The molecule has 0 amide bonds. The van der Waals surface area contributed by atoms with Gasteiger partial charge in [-0.3, -0.25) is 4.98 Å². The fraction of sp³-hybridized carbons (Fsp3) is 0.480. The standard InChI is InChI=1S/C25H32N4/c1-18-7-8-23-21(15-18)22-17-28(2)14-11-24(22)29(23)25(19-9-12-26-13-10-19)16-27-20-5-3-4-6-20/h7-10,12-13,15,20,25,27H,3-6,11,14,16-17H2,1-2H3. The van der Waals surface area contributed by atoms with Crippen LogP contribution in [0, 0.1) is 6.92 Å². The predicted molar refractivity (Wildman–Crippen MR) is 119 cm³/mol. The summed E-state index contributed by atoms with van der Waals surface area (Å²) in [5, 5.41) is 5.35. The highest BCUT2D eigenvalue weighted by Gasteiger charge is 2.27. The average Bonchev–Trinajstić information content (AvgIpc) is 3.36. The van der Waals surface area contributed by atoms with Crippen molar-refractivity contribution in [3.05, 3.63) is 65.1 Å². The third kappa shape index (κ3) is 3.60. The van der Waals surface area contributed by atoms with E-state index < -0.39 is 0 Å². The van der Waals surface area contributed by atoms with Crippen LogP contribution in [0.3, 0.4) is 0 Å². The summed E-state index contributed by atoms with van der Waals surface area (Å²) in [5.41, 5.74) is 7.13. The van der Waals surface area contributed by atoms with Gasteiger partial charge in [0, 0.05) is 61.1 Å². The molecule has 1 fully saturated rings. The van der Waals surface area contributed by atoms with E-state index in [0.29, 0.717) is 12.1 Å². The number of nitrogens with zero attached hydrogens (tertiary/aromatic N) is 3. The molecule has 0 bridgehead atoms. The van der Waals surface area contributed by atoms with Crippen LogP contribution in [0.4, 0.5) is 0 Å². The maximum Gasteiger partial charge on any atom is 0.0714 e. The van der Waals surface area contributed by atoms with Crippen molar-refractivity contribution < 1.29 is 0 Å². The molecule has 2 aromatic heterocycles.